The van der Waals surface area contributed by atoms with Crippen molar-refractivity contribution >= 4 is 23.1 Å². The maximum absolute atomic E-state index is 10.3. The molecule has 0 aromatic carbocycles. The van der Waals surface area contributed by atoms with Crippen LogP contribution in [0.4, 0.5) is 0 Å². The summed E-state index contributed by atoms with van der Waals surface area (Å²) >= 11 is 0. The molecule has 0 radical (unpaired) electrons. The fourth-order valence-corrected chi connectivity index (χ4v) is 1.99. The maximum atomic E-state index is 10.3. The van der Waals surface area contributed by atoms with Gasteiger partial charge in [-0.1, -0.05) is 56.9 Å². The average molecular weight is 469 g/mol. The summed E-state index contributed by atoms with van der Waals surface area (Å²) in [5.74, 6) is -0.483. The summed E-state index contributed by atoms with van der Waals surface area (Å²) in [4.78, 5) is 41.1. The van der Waals surface area contributed by atoms with Gasteiger partial charge in [-0.05, 0) is 67.9 Å². The van der Waals surface area contributed by atoms with Crippen LogP contribution in [0.3, 0.4) is 0 Å². The van der Waals surface area contributed by atoms with Gasteiger partial charge in [0.05, 0.1) is 18.8 Å². The van der Waals surface area contributed by atoms with Crippen molar-refractivity contribution in [3.63, 3.8) is 0 Å². The molecule has 6 nitrogen and oxygen atoms in total. The number of hydrogen-bond acceptors (Lipinski definition) is 6. The minimum absolute atomic E-state index is 0. The first-order valence-corrected chi connectivity index (χ1v) is 9.88. The third-order valence-electron chi connectivity index (χ3n) is 3.90. The summed E-state index contributed by atoms with van der Waals surface area (Å²) in [7, 11) is 1.78. The number of methoxy groups -OCH3 is 1. The molecule has 0 aromatic rings. The van der Waals surface area contributed by atoms with Crippen LogP contribution in [-0.4, -0.2) is 49.1 Å². The lowest BCUT2D eigenvalue weighted by molar-refractivity contribution is -0.113. The quantitative estimate of drug-likeness (QED) is 0.360. The van der Waals surface area contributed by atoms with Crippen LogP contribution >= 0.6 is 0 Å². The van der Waals surface area contributed by atoms with Crippen molar-refractivity contribution in [2.24, 2.45) is 0 Å². The van der Waals surface area contributed by atoms with Gasteiger partial charge in [0.15, 0.2) is 23.1 Å². The molecule has 0 aromatic heterocycles. The number of hydrogen-bond donors (Lipinski definition) is 0. The molecule has 1 heterocycles. The fraction of sp³-hybridized carbons (Fsp3) is 0.556. The predicted molar refractivity (Wildman–Crippen MR) is 140 cm³/mol. The van der Waals surface area contributed by atoms with E-state index in [0.717, 1.165) is 13.0 Å². The molecule has 0 bridgehead atoms. The molecular weight excluding hydrogens is 420 g/mol. The predicted octanol–water partition coefficient (Wildman–Crippen LogP) is 6.05. The summed E-state index contributed by atoms with van der Waals surface area (Å²) in [5.41, 5.74) is 0. The van der Waals surface area contributed by atoms with Crippen LogP contribution in [-0.2, 0) is 28.7 Å². The number of ketones is 4. The second kappa shape index (κ2) is 25.8. The Labute approximate surface area is 202 Å². The van der Waals surface area contributed by atoms with Crippen LogP contribution in [0.1, 0.15) is 76.2 Å². The second-order valence-corrected chi connectivity index (χ2v) is 6.36. The van der Waals surface area contributed by atoms with Gasteiger partial charge in [-0.25, -0.2) is 0 Å². The van der Waals surface area contributed by atoms with E-state index in [4.69, 9.17) is 9.47 Å². The lowest BCUT2D eigenvalue weighted by Gasteiger charge is -2.09. The number of carbonyl (C=O) groups is 4. The molecule has 2 atom stereocenters. The molecule has 0 spiro atoms. The van der Waals surface area contributed by atoms with E-state index < -0.39 is 0 Å². The summed E-state index contributed by atoms with van der Waals surface area (Å²) in [6.07, 6.45) is 15.9. The number of allylic oxidation sites excluding steroid dienone is 8. The van der Waals surface area contributed by atoms with Crippen LogP contribution in [0.2, 0.25) is 0 Å². The lowest BCUT2D eigenvalue weighted by atomic mass is 10.2. The topological polar surface area (TPSA) is 90.0 Å². The molecule has 1 aliphatic heterocycles. The Morgan fingerprint density at radius 3 is 1.15 bits per heavy atom. The molecule has 2 aliphatic carbocycles. The van der Waals surface area contributed by atoms with E-state index in [1.807, 2.05) is 0 Å². The largest absolute Gasteiger partial charge is 0.381 e. The molecule has 3 aliphatic rings. The SMILES string of the molecule is C.C.C.C.CCC1CO1.CCCC(CC)OC.O=C1C=CC(=O)C=C1.O=C1C=CC(=O)C=C1. The lowest BCUT2D eigenvalue weighted by Crippen LogP contribution is -2.07. The van der Waals surface area contributed by atoms with E-state index >= 15 is 0 Å². The number of epoxide rings is 1. The van der Waals surface area contributed by atoms with E-state index in [0.29, 0.717) is 12.2 Å². The van der Waals surface area contributed by atoms with Crippen molar-refractivity contribution in [2.45, 2.75) is 88.4 Å². The Morgan fingerprint density at radius 2 is 1.06 bits per heavy atom. The Hall–Kier alpha value is -2.44. The molecule has 0 saturated carbocycles. The number of carbonyl (C=O) groups excluding carboxylic acids is 4. The van der Waals surface area contributed by atoms with Gasteiger partial charge in [0.1, 0.15) is 0 Å². The summed E-state index contributed by atoms with van der Waals surface area (Å²) in [6, 6.07) is 0. The number of rotatable bonds is 5. The zero-order valence-corrected chi connectivity index (χ0v) is 17.8. The normalized spacial score (nSPS) is 17.0. The van der Waals surface area contributed by atoms with Crippen molar-refractivity contribution in [2.75, 3.05) is 13.7 Å². The van der Waals surface area contributed by atoms with E-state index in [1.54, 1.807) is 7.11 Å². The third-order valence-corrected chi connectivity index (χ3v) is 3.90. The summed E-state index contributed by atoms with van der Waals surface area (Å²) < 4.78 is 10.00. The first-order valence-electron chi connectivity index (χ1n) is 9.88. The first-order chi connectivity index (χ1) is 13.9. The zero-order valence-electron chi connectivity index (χ0n) is 17.8. The van der Waals surface area contributed by atoms with Crippen molar-refractivity contribution in [1.82, 2.24) is 0 Å². The van der Waals surface area contributed by atoms with Gasteiger partial charge in [0.25, 0.3) is 0 Å². The summed E-state index contributed by atoms with van der Waals surface area (Å²) in [5, 5.41) is 0. The first kappa shape index (κ1) is 40.9. The van der Waals surface area contributed by atoms with E-state index in [9.17, 15) is 19.2 Å². The van der Waals surface area contributed by atoms with E-state index in [-0.39, 0.29) is 52.8 Å². The minimum atomic E-state index is -0.121. The molecule has 192 valence electrons. The van der Waals surface area contributed by atoms with Gasteiger partial charge in [-0.15, -0.1) is 0 Å². The van der Waals surface area contributed by atoms with Gasteiger partial charge < -0.3 is 9.47 Å². The molecule has 1 saturated heterocycles. The monoisotopic (exact) mass is 468 g/mol. The van der Waals surface area contributed by atoms with Crippen LogP contribution in [0, 0.1) is 0 Å². The highest BCUT2D eigenvalue weighted by Crippen LogP contribution is 2.10. The van der Waals surface area contributed by atoms with Gasteiger partial charge in [0, 0.05) is 7.11 Å². The zero-order chi connectivity index (χ0) is 22.1. The average Bonchev–Trinajstić information content (AvgIpc) is 3.57. The molecule has 33 heavy (non-hydrogen) atoms. The van der Waals surface area contributed by atoms with Crippen LogP contribution in [0.25, 0.3) is 0 Å². The Morgan fingerprint density at radius 1 is 0.758 bits per heavy atom. The van der Waals surface area contributed by atoms with Crippen LogP contribution in [0.5, 0.6) is 0 Å². The highest BCUT2D eigenvalue weighted by Gasteiger charge is 2.18. The highest BCUT2D eigenvalue weighted by atomic mass is 16.6. The molecule has 3 rings (SSSR count). The molecule has 2 unspecified atom stereocenters. The third kappa shape index (κ3) is 25.7. The van der Waals surface area contributed by atoms with Gasteiger partial charge in [0.2, 0.25) is 0 Å². The Balaban J connectivity index is -0.000000103. The van der Waals surface area contributed by atoms with Gasteiger partial charge in [-0.3, -0.25) is 19.2 Å². The van der Waals surface area contributed by atoms with Crippen LogP contribution < -0.4 is 0 Å². The van der Waals surface area contributed by atoms with Crippen molar-refractivity contribution in [1.29, 1.82) is 0 Å². The highest BCUT2D eigenvalue weighted by molar-refractivity contribution is 6.14. The standard InChI is InChI=1S/C7H16O.2C6H4O2.C4H8O.4CH4/c1-4-6-7(5-2)8-3;2*7-5-1-2-6(8)4-3-5;1-2-4-3-5-4;;;;/h7H,4-6H2,1-3H3;2*1-4H;4H,2-3H2,1H3;4*1H4. The number of ether oxygens (including phenoxy) is 2. The van der Waals surface area contributed by atoms with Crippen molar-refractivity contribution < 1.29 is 28.7 Å². The Kier molecular flexibility index (Phi) is 32.0. The fourth-order valence-electron chi connectivity index (χ4n) is 1.99. The second-order valence-electron chi connectivity index (χ2n) is 6.36. The summed E-state index contributed by atoms with van der Waals surface area (Å²) in [6.45, 7) is 7.49. The van der Waals surface area contributed by atoms with E-state index in [2.05, 4.69) is 20.8 Å². The molecular formula is C27H48O6. The van der Waals surface area contributed by atoms with Crippen molar-refractivity contribution in [3.8, 4) is 0 Å². The molecule has 1 fully saturated rings. The van der Waals surface area contributed by atoms with Gasteiger partial charge in [-0.2, -0.15) is 0 Å². The smallest absolute Gasteiger partial charge is 0.178 e. The Bertz CT molecular complexity index is 528. The van der Waals surface area contributed by atoms with E-state index in [1.165, 1.54) is 67.9 Å². The van der Waals surface area contributed by atoms with Gasteiger partial charge >= 0.3 is 0 Å². The molecule has 0 amide bonds. The van der Waals surface area contributed by atoms with Crippen molar-refractivity contribution in [3.05, 3.63) is 48.6 Å². The molecule has 6 heteroatoms. The molecule has 0 N–H and O–H groups in total. The maximum Gasteiger partial charge on any atom is 0.178 e. The van der Waals surface area contributed by atoms with Crippen LogP contribution in [0.15, 0.2) is 48.6 Å². The minimum Gasteiger partial charge on any atom is -0.381 e.